The highest BCUT2D eigenvalue weighted by Gasteiger charge is 2.35. The molecule has 2 aromatic carbocycles. The van der Waals surface area contributed by atoms with Gasteiger partial charge in [0.05, 0.1) is 5.92 Å². The highest BCUT2D eigenvalue weighted by molar-refractivity contribution is 6.00. The second-order valence-electron chi connectivity index (χ2n) is 7.08. The van der Waals surface area contributed by atoms with Crippen LogP contribution in [-0.2, 0) is 16.0 Å². The fourth-order valence-corrected chi connectivity index (χ4v) is 3.86. The first-order valence-corrected chi connectivity index (χ1v) is 9.32. The van der Waals surface area contributed by atoms with Crippen molar-refractivity contribution >= 4 is 23.2 Å². The zero-order chi connectivity index (χ0) is 18.8. The van der Waals surface area contributed by atoms with Crippen molar-refractivity contribution < 1.29 is 14.7 Å². The Kier molecular flexibility index (Phi) is 4.71. The molecule has 2 N–H and O–H groups in total. The minimum atomic E-state index is -0.336. The van der Waals surface area contributed by atoms with Crippen molar-refractivity contribution in [3.05, 3.63) is 54.1 Å². The van der Waals surface area contributed by atoms with E-state index in [1.54, 1.807) is 29.2 Å². The van der Waals surface area contributed by atoms with Crippen LogP contribution in [0.3, 0.4) is 0 Å². The zero-order valence-corrected chi connectivity index (χ0v) is 15.1. The average Bonchev–Trinajstić information content (AvgIpc) is 3.26. The standard InChI is InChI=1S/C21H23N3O3/c25-18-7-5-17(6-8-18)24-14-16(13-20(24)26)21(27)22-10-12-23-11-9-15-3-1-2-4-19(15)23/h1-8,16,25H,9-14H2,(H,22,27)/t16-/m0/s1. The summed E-state index contributed by atoms with van der Waals surface area (Å²) in [4.78, 5) is 28.7. The monoisotopic (exact) mass is 365 g/mol. The van der Waals surface area contributed by atoms with E-state index >= 15 is 0 Å². The Bertz CT molecular complexity index is 850. The molecular formula is C21H23N3O3. The molecule has 6 nitrogen and oxygen atoms in total. The minimum Gasteiger partial charge on any atom is -0.508 e. The lowest BCUT2D eigenvalue weighted by atomic mass is 10.1. The van der Waals surface area contributed by atoms with Crippen LogP contribution in [0.1, 0.15) is 12.0 Å². The number of fused-ring (bicyclic) bond motifs is 1. The Labute approximate surface area is 158 Å². The molecule has 0 bridgehead atoms. The summed E-state index contributed by atoms with van der Waals surface area (Å²) in [6.07, 6.45) is 1.27. The number of amides is 2. The van der Waals surface area contributed by atoms with Gasteiger partial charge in [-0.2, -0.15) is 0 Å². The number of carbonyl (C=O) groups excluding carboxylic acids is 2. The molecule has 1 atom stereocenters. The van der Waals surface area contributed by atoms with Crippen LogP contribution in [0, 0.1) is 5.92 Å². The molecule has 2 aliphatic rings. The molecule has 0 radical (unpaired) electrons. The van der Waals surface area contributed by atoms with Gasteiger partial charge in [-0.05, 0) is 42.3 Å². The summed E-state index contributed by atoms with van der Waals surface area (Å²) < 4.78 is 0. The van der Waals surface area contributed by atoms with Gasteiger partial charge in [-0.1, -0.05) is 18.2 Å². The van der Waals surface area contributed by atoms with E-state index in [-0.39, 0.29) is 29.9 Å². The number of hydrogen-bond acceptors (Lipinski definition) is 4. The van der Waals surface area contributed by atoms with E-state index in [2.05, 4.69) is 28.4 Å². The fourth-order valence-electron chi connectivity index (χ4n) is 3.86. The molecule has 2 amide bonds. The molecule has 2 heterocycles. The van der Waals surface area contributed by atoms with Crippen molar-refractivity contribution in [2.45, 2.75) is 12.8 Å². The molecule has 0 aliphatic carbocycles. The van der Waals surface area contributed by atoms with Crippen molar-refractivity contribution in [1.82, 2.24) is 5.32 Å². The zero-order valence-electron chi connectivity index (χ0n) is 15.1. The summed E-state index contributed by atoms with van der Waals surface area (Å²) in [5.74, 6) is -0.313. The van der Waals surface area contributed by atoms with Crippen molar-refractivity contribution in [2.24, 2.45) is 5.92 Å². The molecule has 1 fully saturated rings. The molecule has 4 rings (SSSR count). The van der Waals surface area contributed by atoms with Crippen LogP contribution in [0.2, 0.25) is 0 Å². The van der Waals surface area contributed by atoms with Gasteiger partial charge < -0.3 is 20.2 Å². The lowest BCUT2D eigenvalue weighted by molar-refractivity contribution is -0.126. The minimum absolute atomic E-state index is 0.0608. The highest BCUT2D eigenvalue weighted by atomic mass is 16.3. The maximum atomic E-state index is 12.5. The lowest BCUT2D eigenvalue weighted by Gasteiger charge is -2.20. The largest absolute Gasteiger partial charge is 0.508 e. The van der Waals surface area contributed by atoms with Gasteiger partial charge in [0.15, 0.2) is 0 Å². The molecule has 140 valence electrons. The molecule has 0 spiro atoms. The molecule has 1 saturated heterocycles. The predicted molar refractivity (Wildman–Crippen MR) is 104 cm³/mol. The highest BCUT2D eigenvalue weighted by Crippen LogP contribution is 2.28. The number of nitrogens with one attached hydrogen (secondary N) is 1. The maximum absolute atomic E-state index is 12.5. The first-order chi connectivity index (χ1) is 13.1. The van der Waals surface area contributed by atoms with E-state index in [1.807, 2.05) is 6.07 Å². The van der Waals surface area contributed by atoms with Gasteiger partial charge in [-0.15, -0.1) is 0 Å². The summed E-state index contributed by atoms with van der Waals surface area (Å²) in [6, 6.07) is 14.8. The second-order valence-corrected chi connectivity index (χ2v) is 7.08. The predicted octanol–water partition coefficient (Wildman–Crippen LogP) is 1.92. The summed E-state index contributed by atoms with van der Waals surface area (Å²) in [5, 5.41) is 12.4. The average molecular weight is 365 g/mol. The van der Waals surface area contributed by atoms with E-state index in [0.717, 1.165) is 19.5 Å². The molecule has 2 aromatic rings. The van der Waals surface area contributed by atoms with Crippen molar-refractivity contribution in [3.8, 4) is 5.75 Å². The molecule has 6 heteroatoms. The normalized spacial score (nSPS) is 18.7. The van der Waals surface area contributed by atoms with Gasteiger partial charge in [0, 0.05) is 44.0 Å². The van der Waals surface area contributed by atoms with Gasteiger partial charge in [0.25, 0.3) is 0 Å². The number of benzene rings is 2. The molecule has 2 aliphatic heterocycles. The summed E-state index contributed by atoms with van der Waals surface area (Å²) in [6.45, 7) is 2.69. The SMILES string of the molecule is O=C(NCCN1CCc2ccccc21)[C@H]1CC(=O)N(c2ccc(O)cc2)C1. The summed E-state index contributed by atoms with van der Waals surface area (Å²) in [5.41, 5.74) is 3.32. The van der Waals surface area contributed by atoms with Crippen molar-refractivity contribution in [1.29, 1.82) is 0 Å². The van der Waals surface area contributed by atoms with Crippen molar-refractivity contribution in [3.63, 3.8) is 0 Å². The van der Waals surface area contributed by atoms with Gasteiger partial charge in [0.2, 0.25) is 11.8 Å². The van der Waals surface area contributed by atoms with Crippen LogP contribution < -0.4 is 15.1 Å². The summed E-state index contributed by atoms with van der Waals surface area (Å²) in [7, 11) is 0. The maximum Gasteiger partial charge on any atom is 0.227 e. The topological polar surface area (TPSA) is 72.9 Å². The number of phenolic OH excluding ortho intramolecular Hbond substituents is 1. The molecule has 0 saturated carbocycles. The smallest absolute Gasteiger partial charge is 0.227 e. The molecular weight excluding hydrogens is 342 g/mol. The Hall–Kier alpha value is -3.02. The Morgan fingerprint density at radius 1 is 1.15 bits per heavy atom. The second kappa shape index (κ2) is 7.31. The molecule has 27 heavy (non-hydrogen) atoms. The fraction of sp³-hybridized carbons (Fsp3) is 0.333. The Balaban J connectivity index is 1.29. The van der Waals surface area contributed by atoms with E-state index < -0.39 is 0 Å². The van der Waals surface area contributed by atoms with Crippen LogP contribution in [0.4, 0.5) is 11.4 Å². The lowest BCUT2D eigenvalue weighted by Crippen LogP contribution is -2.38. The first-order valence-electron chi connectivity index (χ1n) is 9.32. The van der Waals surface area contributed by atoms with Crippen LogP contribution in [0.25, 0.3) is 0 Å². The third kappa shape index (κ3) is 3.60. The molecule has 0 aromatic heterocycles. The van der Waals surface area contributed by atoms with Gasteiger partial charge >= 0.3 is 0 Å². The number of hydrogen-bond donors (Lipinski definition) is 2. The number of phenols is 1. The number of aromatic hydroxyl groups is 1. The van der Waals surface area contributed by atoms with Gasteiger partial charge in [-0.25, -0.2) is 0 Å². The van der Waals surface area contributed by atoms with Gasteiger partial charge in [-0.3, -0.25) is 9.59 Å². The number of nitrogens with zero attached hydrogens (tertiary/aromatic N) is 2. The van der Waals surface area contributed by atoms with E-state index in [4.69, 9.17) is 0 Å². The number of carbonyl (C=O) groups is 2. The van der Waals surface area contributed by atoms with E-state index in [0.29, 0.717) is 18.8 Å². The van der Waals surface area contributed by atoms with Crippen LogP contribution in [0.15, 0.2) is 48.5 Å². The van der Waals surface area contributed by atoms with E-state index in [9.17, 15) is 14.7 Å². The first kappa shape index (κ1) is 17.4. The third-order valence-corrected chi connectivity index (χ3v) is 5.32. The summed E-state index contributed by atoms with van der Waals surface area (Å²) >= 11 is 0. The van der Waals surface area contributed by atoms with Crippen LogP contribution in [0.5, 0.6) is 5.75 Å². The van der Waals surface area contributed by atoms with Crippen LogP contribution in [-0.4, -0.2) is 43.1 Å². The number of rotatable bonds is 5. The van der Waals surface area contributed by atoms with E-state index in [1.165, 1.54) is 11.3 Å². The van der Waals surface area contributed by atoms with Crippen molar-refractivity contribution in [2.75, 3.05) is 36.0 Å². The van der Waals surface area contributed by atoms with Gasteiger partial charge in [0.1, 0.15) is 5.75 Å². The number of para-hydroxylation sites is 1. The quantitative estimate of drug-likeness (QED) is 0.849. The Morgan fingerprint density at radius 2 is 1.93 bits per heavy atom. The Morgan fingerprint density at radius 3 is 2.74 bits per heavy atom. The molecule has 0 unspecified atom stereocenters. The number of anilines is 2. The van der Waals surface area contributed by atoms with Crippen LogP contribution >= 0.6 is 0 Å². The third-order valence-electron chi connectivity index (χ3n) is 5.32.